The average Bonchev–Trinajstić information content (AvgIpc) is 3.38. The van der Waals surface area contributed by atoms with E-state index in [2.05, 4.69) is 5.32 Å². The number of allylic oxidation sites excluding steroid dienone is 3. The molecule has 35 heavy (non-hydrogen) atoms. The fourth-order valence-electron chi connectivity index (χ4n) is 5.02. The molecule has 0 saturated heterocycles. The number of methoxy groups -OCH3 is 1. The van der Waals surface area contributed by atoms with Crippen LogP contribution in [0.3, 0.4) is 0 Å². The molecule has 184 valence electrons. The van der Waals surface area contributed by atoms with E-state index in [-0.39, 0.29) is 19.0 Å². The van der Waals surface area contributed by atoms with Gasteiger partial charge in [0, 0.05) is 27.8 Å². The predicted octanol–water partition coefficient (Wildman–Crippen LogP) is 4.47. The predicted molar refractivity (Wildman–Crippen MR) is 132 cm³/mol. The Hall–Kier alpha value is -3.39. The first kappa shape index (κ1) is 24.7. The van der Waals surface area contributed by atoms with E-state index in [1.807, 2.05) is 48.7 Å². The first-order chi connectivity index (χ1) is 16.9. The summed E-state index contributed by atoms with van der Waals surface area (Å²) in [6, 6.07) is 11.2. The second kappa shape index (κ2) is 10.5. The van der Waals surface area contributed by atoms with Crippen LogP contribution in [0.25, 0.3) is 0 Å². The summed E-state index contributed by atoms with van der Waals surface area (Å²) in [5.74, 6) is -2.95. The van der Waals surface area contributed by atoms with Crippen molar-refractivity contribution >= 4 is 29.1 Å². The zero-order chi connectivity index (χ0) is 25.1. The molecule has 0 fully saturated rings. The van der Waals surface area contributed by atoms with Crippen LogP contribution in [0.4, 0.5) is 0 Å². The van der Waals surface area contributed by atoms with E-state index < -0.39 is 29.7 Å². The molecule has 1 aliphatic carbocycles. The molecule has 0 bridgehead atoms. The van der Waals surface area contributed by atoms with Gasteiger partial charge < -0.3 is 19.5 Å². The number of Topliss-reactive ketones (excluding diaryl/α,β-unsaturated/α-hetero) is 1. The van der Waals surface area contributed by atoms with Gasteiger partial charge in [-0.15, -0.1) is 11.3 Å². The van der Waals surface area contributed by atoms with Gasteiger partial charge in [-0.2, -0.15) is 0 Å². The monoisotopic (exact) mass is 495 g/mol. The van der Waals surface area contributed by atoms with Gasteiger partial charge >= 0.3 is 11.9 Å². The zero-order valence-corrected chi connectivity index (χ0v) is 21.1. The molecule has 0 unspecified atom stereocenters. The summed E-state index contributed by atoms with van der Waals surface area (Å²) in [5, 5.41) is 5.21. The summed E-state index contributed by atoms with van der Waals surface area (Å²) in [4.78, 5) is 41.3. The minimum absolute atomic E-state index is 0.160. The van der Waals surface area contributed by atoms with Crippen molar-refractivity contribution in [3.05, 3.63) is 74.8 Å². The Morgan fingerprint density at radius 1 is 1.09 bits per heavy atom. The molecule has 2 aliphatic rings. The molecule has 0 spiro atoms. The van der Waals surface area contributed by atoms with E-state index in [1.54, 1.807) is 21.0 Å². The Labute approximate surface area is 208 Å². The maximum Gasteiger partial charge on any atom is 0.336 e. The lowest BCUT2D eigenvalue weighted by Crippen LogP contribution is -2.43. The van der Waals surface area contributed by atoms with Gasteiger partial charge in [0.2, 0.25) is 0 Å². The van der Waals surface area contributed by atoms with E-state index in [4.69, 9.17) is 14.2 Å². The number of para-hydroxylation sites is 1. The highest BCUT2D eigenvalue weighted by molar-refractivity contribution is 7.10. The van der Waals surface area contributed by atoms with Crippen molar-refractivity contribution in [1.82, 2.24) is 5.32 Å². The fourth-order valence-corrected chi connectivity index (χ4v) is 5.86. The highest BCUT2D eigenvalue weighted by Gasteiger charge is 2.49. The molecule has 7 nitrogen and oxygen atoms in total. The second-order valence-corrected chi connectivity index (χ2v) is 9.35. The average molecular weight is 496 g/mol. The van der Waals surface area contributed by atoms with E-state index in [9.17, 15) is 14.4 Å². The van der Waals surface area contributed by atoms with Gasteiger partial charge in [0.05, 0.1) is 31.8 Å². The molecule has 0 amide bonds. The van der Waals surface area contributed by atoms with E-state index in [1.165, 1.54) is 11.3 Å². The Balaban J connectivity index is 1.89. The number of nitrogens with one attached hydrogen (secondary N) is 1. The Morgan fingerprint density at radius 2 is 1.83 bits per heavy atom. The number of carbonyl (C=O) groups excluding carboxylic acids is 3. The molecule has 4 rings (SSSR count). The van der Waals surface area contributed by atoms with E-state index >= 15 is 0 Å². The third-order valence-electron chi connectivity index (χ3n) is 6.42. The molecular formula is C27H29NO6S. The molecule has 8 heteroatoms. The summed E-state index contributed by atoms with van der Waals surface area (Å²) >= 11 is 1.46. The zero-order valence-electron chi connectivity index (χ0n) is 20.3. The number of hydrogen-bond acceptors (Lipinski definition) is 8. The molecule has 0 saturated carbocycles. The van der Waals surface area contributed by atoms with Crippen LogP contribution >= 0.6 is 11.3 Å². The van der Waals surface area contributed by atoms with Crippen LogP contribution in [0, 0.1) is 5.92 Å². The molecular weight excluding hydrogens is 466 g/mol. The number of ether oxygens (including phenoxy) is 3. The number of rotatable bonds is 7. The van der Waals surface area contributed by atoms with Gasteiger partial charge in [0.25, 0.3) is 0 Å². The Morgan fingerprint density at radius 3 is 2.49 bits per heavy atom. The largest absolute Gasteiger partial charge is 0.496 e. The van der Waals surface area contributed by atoms with Gasteiger partial charge in [0.15, 0.2) is 5.78 Å². The van der Waals surface area contributed by atoms with Crippen molar-refractivity contribution < 1.29 is 28.6 Å². The van der Waals surface area contributed by atoms with Gasteiger partial charge in [-0.3, -0.25) is 9.59 Å². The smallest absolute Gasteiger partial charge is 0.336 e. The lowest BCUT2D eigenvalue weighted by molar-refractivity contribution is -0.152. The lowest BCUT2D eigenvalue weighted by atomic mass is 9.68. The molecule has 1 N–H and O–H groups in total. The van der Waals surface area contributed by atoms with Crippen LogP contribution in [0.2, 0.25) is 0 Å². The molecule has 2 aromatic rings. The Bertz CT molecular complexity index is 1200. The summed E-state index contributed by atoms with van der Waals surface area (Å²) in [6.45, 7) is 5.66. The van der Waals surface area contributed by atoms with Crippen molar-refractivity contribution in [1.29, 1.82) is 0 Å². The minimum atomic E-state index is -1.06. The van der Waals surface area contributed by atoms with Crippen LogP contribution in [0.5, 0.6) is 5.75 Å². The van der Waals surface area contributed by atoms with Crippen LogP contribution in [-0.2, 0) is 23.9 Å². The van der Waals surface area contributed by atoms with E-state index in [0.29, 0.717) is 34.7 Å². The maximum absolute atomic E-state index is 14.2. The quantitative estimate of drug-likeness (QED) is 0.448. The number of ketones is 1. The molecule has 1 aromatic heterocycles. The normalized spacial score (nSPS) is 21.8. The molecule has 0 radical (unpaired) electrons. The number of benzene rings is 1. The number of hydrogen-bond donors (Lipinski definition) is 1. The number of esters is 2. The maximum atomic E-state index is 14.2. The third kappa shape index (κ3) is 4.50. The van der Waals surface area contributed by atoms with Gasteiger partial charge in [-0.25, -0.2) is 4.79 Å². The van der Waals surface area contributed by atoms with Gasteiger partial charge in [-0.05, 0) is 50.3 Å². The first-order valence-corrected chi connectivity index (χ1v) is 12.6. The highest BCUT2D eigenvalue weighted by Crippen LogP contribution is 2.50. The van der Waals surface area contributed by atoms with Crippen molar-refractivity contribution in [2.75, 3.05) is 20.3 Å². The first-order valence-electron chi connectivity index (χ1n) is 11.7. The number of thiophene rings is 1. The fraction of sp³-hybridized carbons (Fsp3) is 0.370. The molecule has 2 heterocycles. The highest BCUT2D eigenvalue weighted by atomic mass is 32.1. The van der Waals surface area contributed by atoms with Crippen molar-refractivity contribution in [2.24, 2.45) is 5.92 Å². The molecule has 1 aromatic carbocycles. The topological polar surface area (TPSA) is 90.9 Å². The van der Waals surface area contributed by atoms with Crippen LogP contribution in [-0.4, -0.2) is 38.0 Å². The van der Waals surface area contributed by atoms with Crippen molar-refractivity contribution in [3.63, 3.8) is 0 Å². The van der Waals surface area contributed by atoms with E-state index in [0.717, 1.165) is 10.4 Å². The van der Waals surface area contributed by atoms with Crippen molar-refractivity contribution in [2.45, 2.75) is 39.0 Å². The van der Waals surface area contributed by atoms with Crippen molar-refractivity contribution in [3.8, 4) is 5.75 Å². The number of carbonyl (C=O) groups is 3. The van der Waals surface area contributed by atoms with Crippen LogP contribution in [0.15, 0.2) is 64.3 Å². The summed E-state index contributed by atoms with van der Waals surface area (Å²) < 4.78 is 16.3. The minimum Gasteiger partial charge on any atom is -0.496 e. The third-order valence-corrected chi connectivity index (χ3v) is 7.36. The van der Waals surface area contributed by atoms with Gasteiger partial charge in [0.1, 0.15) is 11.7 Å². The van der Waals surface area contributed by atoms with Crippen LogP contribution in [0.1, 0.15) is 49.5 Å². The SMILES string of the molecule is CCOC(=O)C1=C(C)NC2=C(C(=O)[C@H](C(=O)OCC)[C@@H](c3ccccc3OC)C2)[C@@H]1c1cccs1. The summed E-state index contributed by atoms with van der Waals surface area (Å²) in [6.07, 6.45) is 0.389. The van der Waals surface area contributed by atoms with Crippen LogP contribution < -0.4 is 10.1 Å². The Kier molecular flexibility index (Phi) is 7.40. The second-order valence-electron chi connectivity index (χ2n) is 8.37. The summed E-state index contributed by atoms with van der Waals surface area (Å²) in [5.41, 5.74) is 2.92. The summed E-state index contributed by atoms with van der Waals surface area (Å²) in [7, 11) is 1.57. The van der Waals surface area contributed by atoms with Gasteiger partial charge in [-0.1, -0.05) is 24.3 Å². The lowest BCUT2D eigenvalue weighted by Gasteiger charge is -2.39. The number of dihydropyridines is 1. The standard InChI is InChI=1S/C27H29NO6S/c1-5-33-26(30)21-15(3)28-18-14-17(16-10-7-8-11-19(16)32-4)22(27(31)34-6-2)25(29)23(18)24(21)20-12-9-13-35-20/h7-13,17,22,24,28H,5-6,14H2,1-4H3/t17-,22-,24-/m1/s1. The molecule has 1 aliphatic heterocycles. The molecule has 3 atom stereocenters.